The topological polar surface area (TPSA) is 116 Å². The Balaban J connectivity index is 1.50. The number of H-pyrrole nitrogens is 1. The number of rotatable bonds is 7. The lowest BCUT2D eigenvalue weighted by Gasteiger charge is -2.09. The van der Waals surface area contributed by atoms with Gasteiger partial charge in [-0.2, -0.15) is 10.4 Å². The van der Waals surface area contributed by atoms with Gasteiger partial charge in [-0.1, -0.05) is 42.1 Å². The Bertz CT molecular complexity index is 1330. The van der Waals surface area contributed by atoms with Crippen molar-refractivity contribution in [2.24, 2.45) is 0 Å². The van der Waals surface area contributed by atoms with Gasteiger partial charge < -0.3 is 10.3 Å². The highest BCUT2D eigenvalue weighted by molar-refractivity contribution is 8.00. The highest BCUT2D eigenvalue weighted by Gasteiger charge is 2.13. The van der Waals surface area contributed by atoms with Gasteiger partial charge in [0, 0.05) is 4.90 Å². The summed E-state index contributed by atoms with van der Waals surface area (Å²) in [5.74, 6) is 0.113. The number of nitrogens with zero attached hydrogens (tertiary/aromatic N) is 4. The molecule has 0 fully saturated rings. The molecule has 2 aromatic carbocycles. The summed E-state index contributed by atoms with van der Waals surface area (Å²) >= 11 is 2.48. The van der Waals surface area contributed by atoms with E-state index in [1.165, 1.54) is 18.0 Å². The second kappa shape index (κ2) is 9.51. The number of fused-ring (bicyclic) bond motifs is 1. The molecular formula is C21H16N6O2S2. The molecule has 4 rings (SSSR count). The third-order valence-corrected chi connectivity index (χ3v) is 6.02. The summed E-state index contributed by atoms with van der Waals surface area (Å²) in [7, 11) is 0. The largest absolute Gasteiger partial charge is 0.324 e. The quantitative estimate of drug-likeness (QED) is 0.328. The number of nitrogens with one attached hydrogen (secondary N) is 2. The van der Waals surface area contributed by atoms with Crippen LogP contribution in [0.5, 0.6) is 0 Å². The second-order valence-electron chi connectivity index (χ2n) is 6.28. The maximum atomic E-state index is 12.5. The molecule has 2 N–H and O–H groups in total. The number of nitriles is 1. The van der Waals surface area contributed by atoms with E-state index in [-0.39, 0.29) is 17.2 Å². The number of thioether (sulfide) groups is 2. The number of anilines is 1. The summed E-state index contributed by atoms with van der Waals surface area (Å²) in [5, 5.41) is 16.6. The van der Waals surface area contributed by atoms with Gasteiger partial charge in [-0.25, -0.2) is 9.67 Å². The minimum absolute atomic E-state index is 0.0607. The first-order valence-electron chi connectivity index (χ1n) is 9.20. The first kappa shape index (κ1) is 20.7. The smallest absolute Gasteiger partial charge is 0.262 e. The number of carbonyl (C=O) groups excluding carboxylic acids is 1. The van der Waals surface area contributed by atoms with Crippen LogP contribution < -0.4 is 10.9 Å². The summed E-state index contributed by atoms with van der Waals surface area (Å²) in [6.45, 7) is 0. The molecule has 0 unspecified atom stereocenters. The Hall–Kier alpha value is -3.55. The predicted octanol–water partition coefficient (Wildman–Crippen LogP) is 3.46. The van der Waals surface area contributed by atoms with Gasteiger partial charge >= 0.3 is 0 Å². The van der Waals surface area contributed by atoms with Crippen LogP contribution in [-0.2, 0) is 4.79 Å². The standard InChI is InChI=1S/C21H16N6O2S2/c22-10-11-30-17-9-5-4-8-16(17)24-18(28)13-31-21-25-19-15(20(29)26-21)12-23-27(19)14-6-2-1-3-7-14/h1-9,12H,11,13H2,(H,24,28)(H,25,26,29). The van der Waals surface area contributed by atoms with Crippen LogP contribution in [0, 0.1) is 11.3 Å². The number of aromatic amines is 1. The Morgan fingerprint density at radius 2 is 1.90 bits per heavy atom. The highest BCUT2D eigenvalue weighted by atomic mass is 32.2. The van der Waals surface area contributed by atoms with E-state index in [0.29, 0.717) is 27.6 Å². The van der Waals surface area contributed by atoms with Crippen molar-refractivity contribution in [3.05, 3.63) is 71.1 Å². The van der Waals surface area contributed by atoms with E-state index in [4.69, 9.17) is 5.26 Å². The molecule has 2 aromatic heterocycles. The van der Waals surface area contributed by atoms with Crippen molar-refractivity contribution in [3.63, 3.8) is 0 Å². The minimum atomic E-state index is -0.312. The molecule has 1 amide bonds. The van der Waals surface area contributed by atoms with Gasteiger partial charge in [0.05, 0.1) is 35.1 Å². The fraction of sp³-hybridized carbons (Fsp3) is 0.0952. The average Bonchev–Trinajstić information content (AvgIpc) is 3.22. The summed E-state index contributed by atoms with van der Waals surface area (Å²) in [6, 6.07) is 18.8. The first-order chi connectivity index (χ1) is 15.2. The molecule has 154 valence electrons. The van der Waals surface area contributed by atoms with Crippen molar-refractivity contribution in [1.29, 1.82) is 5.26 Å². The third-order valence-electron chi connectivity index (χ3n) is 4.21. The van der Waals surface area contributed by atoms with Crippen molar-refractivity contribution in [2.45, 2.75) is 10.1 Å². The molecule has 0 atom stereocenters. The molecule has 0 saturated carbocycles. The van der Waals surface area contributed by atoms with Crippen molar-refractivity contribution < 1.29 is 4.79 Å². The van der Waals surface area contributed by atoms with Crippen molar-refractivity contribution in [1.82, 2.24) is 19.7 Å². The highest BCUT2D eigenvalue weighted by Crippen LogP contribution is 2.27. The van der Waals surface area contributed by atoms with E-state index in [1.54, 1.807) is 10.7 Å². The van der Waals surface area contributed by atoms with Gasteiger partial charge in [-0.05, 0) is 24.3 Å². The van der Waals surface area contributed by atoms with Crippen LogP contribution in [-0.4, -0.2) is 37.2 Å². The summed E-state index contributed by atoms with van der Waals surface area (Å²) in [6.07, 6.45) is 1.48. The van der Waals surface area contributed by atoms with Crippen molar-refractivity contribution >= 4 is 46.2 Å². The number of amides is 1. The minimum Gasteiger partial charge on any atom is -0.324 e. The van der Waals surface area contributed by atoms with Crippen LogP contribution in [0.3, 0.4) is 0 Å². The number of benzene rings is 2. The van der Waals surface area contributed by atoms with Crippen LogP contribution in [0.25, 0.3) is 16.7 Å². The second-order valence-corrected chi connectivity index (χ2v) is 8.26. The molecule has 2 heterocycles. The normalized spacial score (nSPS) is 10.7. The van der Waals surface area contributed by atoms with E-state index < -0.39 is 0 Å². The van der Waals surface area contributed by atoms with Crippen LogP contribution >= 0.6 is 23.5 Å². The zero-order valence-electron chi connectivity index (χ0n) is 16.1. The molecule has 0 aliphatic carbocycles. The zero-order chi connectivity index (χ0) is 21.6. The first-order valence-corrected chi connectivity index (χ1v) is 11.2. The molecule has 0 spiro atoms. The Kier molecular flexibility index (Phi) is 6.35. The molecule has 0 aliphatic heterocycles. The third kappa shape index (κ3) is 4.79. The maximum absolute atomic E-state index is 12.5. The molecule has 0 aliphatic rings. The number of aromatic nitrogens is 4. The van der Waals surface area contributed by atoms with Gasteiger partial charge in [0.15, 0.2) is 10.8 Å². The average molecular weight is 449 g/mol. The number of para-hydroxylation sites is 2. The van der Waals surface area contributed by atoms with E-state index in [0.717, 1.165) is 22.3 Å². The molecule has 10 heteroatoms. The van der Waals surface area contributed by atoms with E-state index in [9.17, 15) is 9.59 Å². The Morgan fingerprint density at radius 1 is 1.13 bits per heavy atom. The van der Waals surface area contributed by atoms with Gasteiger partial charge in [0.2, 0.25) is 5.91 Å². The van der Waals surface area contributed by atoms with Gasteiger partial charge in [0.1, 0.15) is 5.39 Å². The summed E-state index contributed by atoms with van der Waals surface area (Å²) < 4.78 is 1.59. The SMILES string of the molecule is N#CCSc1ccccc1NC(=O)CSc1nc2c(cnn2-c2ccccc2)c(=O)[nH]1. The molecule has 0 bridgehead atoms. The summed E-state index contributed by atoms with van der Waals surface area (Å²) in [4.78, 5) is 32.9. The Labute approximate surface area is 185 Å². The summed E-state index contributed by atoms with van der Waals surface area (Å²) in [5.41, 5.74) is 1.55. The van der Waals surface area contributed by atoms with Crippen molar-refractivity contribution in [2.75, 3.05) is 16.8 Å². The number of carbonyl (C=O) groups is 1. The molecule has 31 heavy (non-hydrogen) atoms. The van der Waals surface area contributed by atoms with Gasteiger partial charge in [-0.15, -0.1) is 11.8 Å². The van der Waals surface area contributed by atoms with Crippen LogP contribution in [0.2, 0.25) is 0 Å². The molecule has 4 aromatic rings. The molecule has 0 radical (unpaired) electrons. The number of hydrogen-bond acceptors (Lipinski definition) is 7. The van der Waals surface area contributed by atoms with Crippen LogP contribution in [0.1, 0.15) is 0 Å². The van der Waals surface area contributed by atoms with Crippen LogP contribution in [0.4, 0.5) is 5.69 Å². The molecule has 8 nitrogen and oxygen atoms in total. The lowest BCUT2D eigenvalue weighted by molar-refractivity contribution is -0.113. The molecule has 0 saturated heterocycles. The maximum Gasteiger partial charge on any atom is 0.262 e. The van der Waals surface area contributed by atoms with E-state index in [1.807, 2.05) is 48.5 Å². The predicted molar refractivity (Wildman–Crippen MR) is 122 cm³/mol. The zero-order valence-corrected chi connectivity index (χ0v) is 17.7. The fourth-order valence-electron chi connectivity index (χ4n) is 2.85. The lowest BCUT2D eigenvalue weighted by atomic mass is 10.3. The monoisotopic (exact) mass is 448 g/mol. The lowest BCUT2D eigenvalue weighted by Crippen LogP contribution is -2.16. The van der Waals surface area contributed by atoms with Gasteiger partial charge in [0.25, 0.3) is 5.56 Å². The van der Waals surface area contributed by atoms with E-state index in [2.05, 4.69) is 26.5 Å². The van der Waals surface area contributed by atoms with E-state index >= 15 is 0 Å². The fourth-order valence-corrected chi connectivity index (χ4v) is 4.18. The number of hydrogen-bond donors (Lipinski definition) is 2. The molecular weight excluding hydrogens is 432 g/mol. The van der Waals surface area contributed by atoms with Crippen molar-refractivity contribution in [3.8, 4) is 11.8 Å². The van der Waals surface area contributed by atoms with Gasteiger partial charge in [-0.3, -0.25) is 9.59 Å². The van der Waals surface area contributed by atoms with Crippen LogP contribution in [0.15, 0.2) is 75.6 Å². The Morgan fingerprint density at radius 3 is 2.71 bits per heavy atom.